The summed E-state index contributed by atoms with van der Waals surface area (Å²) in [5.41, 5.74) is 6.54. The van der Waals surface area contributed by atoms with Crippen molar-refractivity contribution in [2.45, 2.75) is 0 Å². The van der Waals surface area contributed by atoms with E-state index in [1.807, 2.05) is 0 Å². The Morgan fingerprint density at radius 3 is 2.78 bits per heavy atom. The van der Waals surface area contributed by atoms with Gasteiger partial charge >= 0.3 is 0 Å². The Hall–Kier alpha value is -2.55. The molecule has 92 valence electrons. The van der Waals surface area contributed by atoms with Crippen LogP contribution in [0.4, 0.5) is 5.95 Å². The van der Waals surface area contributed by atoms with Crippen LogP contribution in [0.25, 0.3) is 11.2 Å². The monoisotopic (exact) mass is 263 g/mol. The molecular formula is C9H9N7OS. The Kier molecular flexibility index (Phi) is 3.44. The molecular weight excluding hydrogens is 254 g/mol. The van der Waals surface area contributed by atoms with Crippen molar-refractivity contribution in [3.8, 4) is 0 Å². The number of aromatic nitrogens is 6. The normalized spacial score (nSPS) is 9.78. The van der Waals surface area contributed by atoms with Crippen LogP contribution in [0.15, 0.2) is 29.6 Å². The van der Waals surface area contributed by atoms with E-state index in [1.165, 1.54) is 12.3 Å². The zero-order valence-electron chi connectivity index (χ0n) is 9.04. The van der Waals surface area contributed by atoms with Crippen LogP contribution in [0.1, 0.15) is 0 Å². The van der Waals surface area contributed by atoms with Crippen molar-refractivity contribution in [1.29, 1.82) is 0 Å². The lowest BCUT2D eigenvalue weighted by Gasteiger charge is -1.87. The lowest BCUT2D eigenvalue weighted by molar-refractivity contribution is 1.09. The number of nitrogens with zero attached hydrogens (tertiary/aromatic N) is 3. The topological polar surface area (TPSA) is 129 Å². The summed E-state index contributed by atoms with van der Waals surface area (Å²) in [4.78, 5) is 29.7. The Bertz CT molecular complexity index is 733. The van der Waals surface area contributed by atoms with Gasteiger partial charge in [0.25, 0.3) is 5.56 Å². The van der Waals surface area contributed by atoms with Crippen LogP contribution in [0.2, 0.25) is 0 Å². The van der Waals surface area contributed by atoms with Crippen molar-refractivity contribution >= 4 is 29.3 Å². The van der Waals surface area contributed by atoms with E-state index in [4.69, 9.17) is 5.73 Å². The van der Waals surface area contributed by atoms with E-state index in [0.717, 1.165) is 5.52 Å². The van der Waals surface area contributed by atoms with Gasteiger partial charge in [0.2, 0.25) is 5.95 Å². The quantitative estimate of drug-likeness (QED) is 0.433. The van der Waals surface area contributed by atoms with Crippen LogP contribution in [0.5, 0.6) is 0 Å². The number of imidazole rings is 1. The molecule has 0 aliphatic carbocycles. The predicted octanol–water partition coefficient (Wildman–Crippen LogP) is 0.368. The molecule has 3 heterocycles. The Morgan fingerprint density at radius 2 is 2.11 bits per heavy atom. The summed E-state index contributed by atoms with van der Waals surface area (Å²) >= 11 is 4.59. The van der Waals surface area contributed by atoms with Gasteiger partial charge in [-0.25, -0.2) is 9.97 Å². The molecule has 0 aromatic carbocycles. The fourth-order valence-electron chi connectivity index (χ4n) is 1.14. The molecule has 3 aromatic heterocycles. The number of nitrogens with one attached hydrogen (secondary N) is 3. The highest BCUT2D eigenvalue weighted by molar-refractivity contribution is 7.71. The van der Waals surface area contributed by atoms with Crippen molar-refractivity contribution in [1.82, 2.24) is 29.9 Å². The summed E-state index contributed by atoms with van der Waals surface area (Å²) in [7, 11) is 0. The number of hydrogen-bond donors (Lipinski definition) is 4. The lowest BCUT2D eigenvalue weighted by Crippen LogP contribution is -2.02. The molecule has 0 aliphatic rings. The first-order valence-corrected chi connectivity index (χ1v) is 5.25. The molecule has 5 N–H and O–H groups in total. The molecule has 0 bridgehead atoms. The summed E-state index contributed by atoms with van der Waals surface area (Å²) < 4.78 is 0.359. The van der Waals surface area contributed by atoms with Crippen molar-refractivity contribution < 1.29 is 0 Å². The maximum atomic E-state index is 10.3. The molecule has 0 saturated carbocycles. The van der Waals surface area contributed by atoms with Crippen LogP contribution < -0.4 is 11.3 Å². The summed E-state index contributed by atoms with van der Waals surface area (Å²) in [5, 5.41) is 0. The largest absolute Gasteiger partial charge is 0.368 e. The first-order valence-electron chi connectivity index (χ1n) is 4.85. The minimum absolute atomic E-state index is 0.172. The third-order valence-electron chi connectivity index (χ3n) is 1.88. The third kappa shape index (κ3) is 2.98. The van der Waals surface area contributed by atoms with E-state index in [1.54, 1.807) is 12.5 Å². The Labute approximate surface area is 105 Å². The van der Waals surface area contributed by atoms with Crippen LogP contribution >= 0.6 is 12.2 Å². The first kappa shape index (κ1) is 11.9. The maximum Gasteiger partial charge on any atom is 0.251 e. The van der Waals surface area contributed by atoms with Gasteiger partial charge in [-0.15, -0.1) is 0 Å². The number of rotatable bonds is 0. The van der Waals surface area contributed by atoms with Gasteiger partial charge in [0.1, 0.15) is 5.52 Å². The number of anilines is 1. The molecule has 0 fully saturated rings. The molecule has 0 amide bonds. The van der Waals surface area contributed by atoms with E-state index >= 15 is 0 Å². The predicted molar refractivity (Wildman–Crippen MR) is 68.3 cm³/mol. The second-order valence-corrected chi connectivity index (χ2v) is 3.57. The van der Waals surface area contributed by atoms with Gasteiger partial charge in [-0.05, 0) is 12.2 Å². The summed E-state index contributed by atoms with van der Waals surface area (Å²) in [6.45, 7) is 0. The van der Waals surface area contributed by atoms with Crippen molar-refractivity contribution in [3.05, 3.63) is 39.9 Å². The zero-order valence-corrected chi connectivity index (χ0v) is 9.86. The Balaban J connectivity index is 0.000000138. The maximum absolute atomic E-state index is 10.3. The Morgan fingerprint density at radius 1 is 1.28 bits per heavy atom. The molecule has 9 heteroatoms. The highest BCUT2D eigenvalue weighted by Gasteiger charge is 1.95. The number of hydrogen-bond acceptors (Lipinski definition) is 6. The fourth-order valence-corrected chi connectivity index (χ4v) is 1.30. The number of nitrogens with two attached hydrogens (primary N) is 1. The summed E-state index contributed by atoms with van der Waals surface area (Å²) in [5.74, 6) is 0.261. The third-order valence-corrected chi connectivity index (χ3v) is 2.10. The highest BCUT2D eigenvalue weighted by Crippen LogP contribution is 2.03. The van der Waals surface area contributed by atoms with Gasteiger partial charge in [-0.3, -0.25) is 9.78 Å². The number of aromatic amines is 3. The van der Waals surface area contributed by atoms with Crippen LogP contribution in [-0.2, 0) is 0 Å². The van der Waals surface area contributed by atoms with Crippen LogP contribution in [0.3, 0.4) is 0 Å². The molecule has 3 aromatic rings. The molecule has 8 nitrogen and oxygen atoms in total. The second-order valence-electron chi connectivity index (χ2n) is 3.16. The minimum atomic E-state index is -0.172. The van der Waals surface area contributed by atoms with E-state index in [2.05, 4.69) is 42.1 Å². The van der Waals surface area contributed by atoms with E-state index < -0.39 is 0 Å². The second kappa shape index (κ2) is 5.19. The SMILES string of the molecule is Nc1ncc2nc[nH]c2n1.O=c1cc[nH]c(=S)[nH]1. The number of H-pyrrole nitrogens is 3. The van der Waals surface area contributed by atoms with Crippen molar-refractivity contribution in [2.24, 2.45) is 0 Å². The van der Waals surface area contributed by atoms with Crippen molar-refractivity contribution in [2.75, 3.05) is 5.73 Å². The first-order chi connectivity index (χ1) is 8.65. The molecule has 0 radical (unpaired) electrons. The van der Waals surface area contributed by atoms with Gasteiger partial charge in [-0.1, -0.05) is 0 Å². The van der Waals surface area contributed by atoms with E-state index in [0.29, 0.717) is 10.4 Å². The molecule has 0 atom stereocenters. The summed E-state index contributed by atoms with van der Waals surface area (Å²) in [6, 6.07) is 1.37. The van der Waals surface area contributed by atoms with Gasteiger partial charge in [0.05, 0.1) is 12.5 Å². The lowest BCUT2D eigenvalue weighted by atomic mass is 10.6. The zero-order chi connectivity index (χ0) is 13.0. The fraction of sp³-hybridized carbons (Fsp3) is 0. The molecule has 3 rings (SSSR count). The smallest absolute Gasteiger partial charge is 0.251 e. The standard InChI is InChI=1S/C5H5N5.C4H4N2OS/c6-5-7-1-3-4(10-5)9-2-8-3;7-3-1-2-5-4(8)6-3/h1-2H,(H3,6,7,8,9,10);1-2H,(H2,5,6,7,8). The van der Waals surface area contributed by atoms with Crippen molar-refractivity contribution in [3.63, 3.8) is 0 Å². The molecule has 0 aliphatic heterocycles. The average molecular weight is 263 g/mol. The molecule has 0 spiro atoms. The van der Waals surface area contributed by atoms with Gasteiger partial charge in [0.15, 0.2) is 10.4 Å². The molecule has 0 saturated heterocycles. The van der Waals surface area contributed by atoms with E-state index in [9.17, 15) is 4.79 Å². The van der Waals surface area contributed by atoms with Gasteiger partial charge in [-0.2, -0.15) is 4.98 Å². The van der Waals surface area contributed by atoms with Crippen LogP contribution in [0, 0.1) is 4.77 Å². The average Bonchev–Trinajstić information content (AvgIpc) is 2.76. The number of nitrogen functional groups attached to an aromatic ring is 1. The van der Waals surface area contributed by atoms with E-state index in [-0.39, 0.29) is 11.5 Å². The van der Waals surface area contributed by atoms with Gasteiger partial charge < -0.3 is 15.7 Å². The molecule has 18 heavy (non-hydrogen) atoms. The van der Waals surface area contributed by atoms with Gasteiger partial charge in [0, 0.05) is 12.3 Å². The number of fused-ring (bicyclic) bond motifs is 1. The van der Waals surface area contributed by atoms with Crippen LogP contribution in [-0.4, -0.2) is 29.9 Å². The molecule has 0 unspecified atom stereocenters. The highest BCUT2D eigenvalue weighted by atomic mass is 32.1. The summed E-state index contributed by atoms with van der Waals surface area (Å²) in [6.07, 6.45) is 4.63. The minimum Gasteiger partial charge on any atom is -0.368 e.